The van der Waals surface area contributed by atoms with Gasteiger partial charge in [0.05, 0.1) is 20.9 Å². The zero-order chi connectivity index (χ0) is 35.4. The van der Waals surface area contributed by atoms with E-state index in [2.05, 4.69) is 73.4 Å². The SMILES string of the molecule is COC1(Cc2ccccc2-c2ccccc2)CCN(c2ccc3c(NS(=O)(=O)c4ccc(NC5CCCCC5)c([N+](=O)[O-])c4)ncnc3c2)CC1. The van der Waals surface area contributed by atoms with Gasteiger partial charge in [0.2, 0.25) is 0 Å². The zero-order valence-corrected chi connectivity index (χ0v) is 29.4. The van der Waals surface area contributed by atoms with Crippen LogP contribution in [0.1, 0.15) is 50.5 Å². The Hall–Kier alpha value is -5.07. The highest BCUT2D eigenvalue weighted by Crippen LogP contribution is 2.37. The van der Waals surface area contributed by atoms with Gasteiger partial charge in [0.25, 0.3) is 15.7 Å². The molecule has 1 aliphatic carbocycles. The lowest BCUT2D eigenvalue weighted by atomic mass is 9.82. The standard InChI is InChI=1S/C39H42N6O5S/c1-50-39(26-29-12-8-9-15-33(29)28-10-4-2-5-11-28)20-22-44(23-21-39)31-16-18-34-36(24-31)40-27-41-38(34)43-51(48,49)32-17-19-35(37(25-32)45(46)47)42-30-13-6-3-7-14-30/h2,4-5,8-12,15-19,24-25,27,30,42H,3,6-7,13-14,20-23,26H2,1H3,(H,40,41,43). The predicted octanol–water partition coefficient (Wildman–Crippen LogP) is 7.98. The molecule has 0 bridgehead atoms. The van der Waals surface area contributed by atoms with Crippen molar-refractivity contribution >= 4 is 43.8 Å². The van der Waals surface area contributed by atoms with Crippen molar-refractivity contribution in [3.05, 3.63) is 113 Å². The van der Waals surface area contributed by atoms with Gasteiger partial charge in [0, 0.05) is 49.8 Å². The molecule has 5 aromatic rings. The highest BCUT2D eigenvalue weighted by Gasteiger charge is 2.36. The van der Waals surface area contributed by atoms with Crippen LogP contribution in [0.4, 0.5) is 22.9 Å². The predicted molar refractivity (Wildman–Crippen MR) is 201 cm³/mol. The van der Waals surface area contributed by atoms with E-state index in [-0.39, 0.29) is 28.0 Å². The van der Waals surface area contributed by atoms with Gasteiger partial charge in [0.1, 0.15) is 12.0 Å². The Kier molecular flexibility index (Phi) is 9.88. The molecule has 0 spiro atoms. The first-order chi connectivity index (χ1) is 24.7. The number of nitrogens with zero attached hydrogens (tertiary/aromatic N) is 4. The second kappa shape index (κ2) is 14.7. The number of fused-ring (bicyclic) bond motifs is 1. The van der Waals surface area contributed by atoms with E-state index < -0.39 is 14.9 Å². The first kappa shape index (κ1) is 34.4. The van der Waals surface area contributed by atoms with Crippen molar-refractivity contribution in [2.75, 3.05) is 35.1 Å². The molecule has 2 aliphatic rings. The van der Waals surface area contributed by atoms with Crippen LogP contribution in [0, 0.1) is 10.1 Å². The van der Waals surface area contributed by atoms with E-state index in [1.165, 1.54) is 35.2 Å². The third-order valence-electron chi connectivity index (χ3n) is 10.4. The van der Waals surface area contributed by atoms with Crippen LogP contribution in [-0.2, 0) is 21.2 Å². The minimum absolute atomic E-state index is 0.104. The molecule has 4 aromatic carbocycles. The monoisotopic (exact) mass is 706 g/mol. The molecule has 2 N–H and O–H groups in total. The second-order valence-corrected chi connectivity index (χ2v) is 15.2. The maximum absolute atomic E-state index is 13.5. The summed E-state index contributed by atoms with van der Waals surface area (Å²) < 4.78 is 35.8. The zero-order valence-electron chi connectivity index (χ0n) is 28.6. The number of hydrogen-bond donors (Lipinski definition) is 2. The Morgan fingerprint density at radius 3 is 2.41 bits per heavy atom. The van der Waals surface area contributed by atoms with Crippen molar-refractivity contribution in [1.82, 2.24) is 9.97 Å². The summed E-state index contributed by atoms with van der Waals surface area (Å²) in [5.74, 6) is 0.104. The molecule has 0 amide bonds. The molecule has 2 heterocycles. The number of rotatable bonds is 11. The minimum atomic E-state index is -4.20. The Bertz CT molecular complexity index is 2130. The smallest absolute Gasteiger partial charge is 0.293 e. The molecule has 1 aliphatic heterocycles. The summed E-state index contributed by atoms with van der Waals surface area (Å²) in [5, 5.41) is 15.7. The van der Waals surface area contributed by atoms with Gasteiger partial charge in [-0.05, 0) is 72.7 Å². The number of anilines is 3. The Balaban J connectivity index is 1.06. The van der Waals surface area contributed by atoms with Crippen molar-refractivity contribution < 1.29 is 18.1 Å². The number of aromatic nitrogens is 2. The lowest BCUT2D eigenvalue weighted by Gasteiger charge is -2.42. The van der Waals surface area contributed by atoms with E-state index in [4.69, 9.17) is 4.74 Å². The average molecular weight is 707 g/mol. The van der Waals surface area contributed by atoms with Gasteiger partial charge >= 0.3 is 0 Å². The van der Waals surface area contributed by atoms with E-state index >= 15 is 0 Å². The number of sulfonamides is 1. The van der Waals surface area contributed by atoms with Gasteiger partial charge in [0.15, 0.2) is 5.82 Å². The highest BCUT2D eigenvalue weighted by molar-refractivity contribution is 7.92. The summed E-state index contributed by atoms with van der Waals surface area (Å²) in [5.41, 5.74) is 4.98. The number of nitrogens with one attached hydrogen (secondary N) is 2. The van der Waals surface area contributed by atoms with Gasteiger partial charge in [-0.2, -0.15) is 0 Å². The van der Waals surface area contributed by atoms with Gasteiger partial charge in [-0.3, -0.25) is 14.8 Å². The van der Waals surface area contributed by atoms with E-state index in [0.717, 1.165) is 76.2 Å². The Morgan fingerprint density at radius 2 is 1.67 bits per heavy atom. The number of ether oxygens (including phenoxy) is 1. The van der Waals surface area contributed by atoms with Crippen LogP contribution in [0.25, 0.3) is 22.0 Å². The second-order valence-electron chi connectivity index (χ2n) is 13.5. The van der Waals surface area contributed by atoms with Crippen LogP contribution >= 0.6 is 0 Å². The summed E-state index contributed by atoms with van der Waals surface area (Å²) in [7, 11) is -2.40. The number of benzene rings is 4. The quantitative estimate of drug-likeness (QED) is 0.103. The molecule has 0 atom stereocenters. The summed E-state index contributed by atoms with van der Waals surface area (Å²) in [4.78, 5) is 22.2. The Morgan fingerprint density at radius 1 is 0.922 bits per heavy atom. The first-order valence-electron chi connectivity index (χ1n) is 17.5. The van der Waals surface area contributed by atoms with E-state index in [1.807, 2.05) is 24.3 Å². The summed E-state index contributed by atoms with van der Waals surface area (Å²) >= 11 is 0. The van der Waals surface area contributed by atoms with Crippen LogP contribution in [0.15, 0.2) is 102 Å². The Labute approximate surface area is 298 Å². The fourth-order valence-electron chi connectivity index (χ4n) is 7.47. The molecule has 1 aromatic heterocycles. The van der Waals surface area contributed by atoms with Gasteiger partial charge in [-0.25, -0.2) is 18.4 Å². The normalized spacial score (nSPS) is 16.5. The van der Waals surface area contributed by atoms with Crippen LogP contribution in [-0.4, -0.2) is 55.2 Å². The lowest BCUT2D eigenvalue weighted by Crippen LogP contribution is -2.47. The maximum atomic E-state index is 13.5. The fourth-order valence-corrected chi connectivity index (χ4v) is 8.52. The molecule has 11 nitrogen and oxygen atoms in total. The van der Waals surface area contributed by atoms with Crippen molar-refractivity contribution in [2.45, 2.75) is 67.9 Å². The number of nitro benzene ring substituents is 1. The molecule has 1 saturated carbocycles. The lowest BCUT2D eigenvalue weighted by molar-refractivity contribution is -0.384. The average Bonchev–Trinajstić information content (AvgIpc) is 3.16. The number of nitro groups is 1. The van der Waals surface area contributed by atoms with Crippen molar-refractivity contribution in [1.29, 1.82) is 0 Å². The third kappa shape index (κ3) is 7.52. The topological polar surface area (TPSA) is 140 Å². The molecule has 264 valence electrons. The van der Waals surface area contributed by atoms with Gasteiger partial charge < -0.3 is 15.0 Å². The molecular formula is C39H42N6O5S. The van der Waals surface area contributed by atoms with Gasteiger partial charge in [-0.1, -0.05) is 73.9 Å². The van der Waals surface area contributed by atoms with E-state index in [9.17, 15) is 18.5 Å². The molecular weight excluding hydrogens is 665 g/mol. The van der Waals surface area contributed by atoms with E-state index in [1.54, 1.807) is 7.11 Å². The van der Waals surface area contributed by atoms with E-state index in [0.29, 0.717) is 16.6 Å². The number of methoxy groups -OCH3 is 1. The molecule has 0 radical (unpaired) electrons. The molecule has 12 heteroatoms. The first-order valence-corrected chi connectivity index (χ1v) is 19.0. The van der Waals surface area contributed by atoms with Crippen molar-refractivity contribution in [2.24, 2.45) is 0 Å². The molecule has 51 heavy (non-hydrogen) atoms. The van der Waals surface area contributed by atoms with Crippen molar-refractivity contribution in [3.63, 3.8) is 0 Å². The maximum Gasteiger partial charge on any atom is 0.293 e. The van der Waals surface area contributed by atoms with Crippen LogP contribution in [0.2, 0.25) is 0 Å². The number of hydrogen-bond acceptors (Lipinski definition) is 9. The molecule has 7 rings (SSSR count). The summed E-state index contributed by atoms with van der Waals surface area (Å²) in [6, 6.07) is 28.8. The van der Waals surface area contributed by atoms with Gasteiger partial charge in [-0.15, -0.1) is 0 Å². The van der Waals surface area contributed by atoms with Crippen molar-refractivity contribution in [3.8, 4) is 11.1 Å². The van der Waals surface area contributed by atoms with Crippen LogP contribution in [0.5, 0.6) is 0 Å². The minimum Gasteiger partial charge on any atom is -0.378 e. The largest absolute Gasteiger partial charge is 0.378 e. The molecule has 0 unspecified atom stereocenters. The fraction of sp³-hybridized carbons (Fsp3) is 0.333. The highest BCUT2D eigenvalue weighted by atomic mass is 32.2. The number of piperidine rings is 1. The summed E-state index contributed by atoms with van der Waals surface area (Å²) in [6.07, 6.45) is 8.93. The third-order valence-corrected chi connectivity index (χ3v) is 11.7. The summed E-state index contributed by atoms with van der Waals surface area (Å²) in [6.45, 7) is 1.56. The molecule has 1 saturated heterocycles. The van der Waals surface area contributed by atoms with Crippen LogP contribution < -0.4 is 14.9 Å². The molecule has 2 fully saturated rings. The van der Waals surface area contributed by atoms with Crippen LogP contribution in [0.3, 0.4) is 0 Å².